The zero-order valence-electron chi connectivity index (χ0n) is 24.2. The van der Waals surface area contributed by atoms with Crippen molar-refractivity contribution in [3.05, 3.63) is 23.5 Å². The van der Waals surface area contributed by atoms with E-state index in [1.807, 2.05) is 0 Å². The fourth-order valence-electron chi connectivity index (χ4n) is 5.18. The lowest BCUT2D eigenvalue weighted by Crippen LogP contribution is -2.20. The molecule has 1 atom stereocenters. The van der Waals surface area contributed by atoms with Crippen molar-refractivity contribution in [1.29, 1.82) is 0 Å². The third kappa shape index (κ3) is 12.2. The van der Waals surface area contributed by atoms with Crippen molar-refractivity contribution in [1.82, 2.24) is 9.97 Å². The number of hydrogen-bond donors (Lipinski definition) is 3. The highest BCUT2D eigenvalue weighted by atomic mass is 32.2. The Labute approximate surface area is 246 Å². The minimum atomic E-state index is -4.48. The molecule has 0 spiro atoms. The minimum absolute atomic E-state index is 0.174. The number of nitrogens with zero attached hydrogens (tertiary/aromatic N) is 1. The van der Waals surface area contributed by atoms with Crippen LogP contribution < -0.4 is 0 Å². The van der Waals surface area contributed by atoms with Gasteiger partial charge in [-0.25, -0.2) is 4.98 Å². The average molecular weight is 617 g/mol. The molecule has 228 valence electrons. The third-order valence-electron chi connectivity index (χ3n) is 7.56. The van der Waals surface area contributed by atoms with Crippen LogP contribution in [0.2, 0.25) is 0 Å². The van der Waals surface area contributed by atoms with E-state index in [9.17, 15) is 25.9 Å². The van der Waals surface area contributed by atoms with Crippen molar-refractivity contribution in [2.24, 2.45) is 0 Å². The number of aryl methyl sites for hydroxylation is 1. The number of aromatic amines is 1. The molecule has 8 nitrogen and oxygen atoms in total. The molecular formula is C29H48N2O6S3. The molecule has 0 saturated carbocycles. The lowest BCUT2D eigenvalue weighted by molar-refractivity contribution is 0.458. The van der Waals surface area contributed by atoms with Crippen molar-refractivity contribution in [2.75, 3.05) is 0 Å². The molecule has 1 heterocycles. The van der Waals surface area contributed by atoms with Crippen molar-refractivity contribution >= 4 is 48.4 Å². The molecule has 3 N–H and O–H groups in total. The van der Waals surface area contributed by atoms with Gasteiger partial charge in [0.25, 0.3) is 20.2 Å². The highest BCUT2D eigenvalue weighted by Gasteiger charge is 2.23. The van der Waals surface area contributed by atoms with Gasteiger partial charge >= 0.3 is 0 Å². The number of imidazole rings is 1. The quantitative estimate of drug-likeness (QED) is 0.0692. The van der Waals surface area contributed by atoms with Crippen LogP contribution >= 0.6 is 12.2 Å². The number of benzene rings is 1. The van der Waals surface area contributed by atoms with E-state index in [1.165, 1.54) is 76.3 Å². The summed E-state index contributed by atoms with van der Waals surface area (Å²) in [5.74, 6) is 0.480. The van der Waals surface area contributed by atoms with Gasteiger partial charge in [0, 0.05) is 18.4 Å². The lowest BCUT2D eigenvalue weighted by Gasteiger charge is -2.10. The maximum atomic E-state index is 12.1. The molecule has 0 aliphatic rings. The smallest absolute Gasteiger partial charge is 0.294 e. The van der Waals surface area contributed by atoms with Gasteiger partial charge in [0.15, 0.2) is 0 Å². The molecule has 0 fully saturated rings. The van der Waals surface area contributed by atoms with Crippen LogP contribution in [0.15, 0.2) is 17.0 Å². The largest absolute Gasteiger partial charge is 0.342 e. The Kier molecular flexibility index (Phi) is 15.3. The topological polar surface area (TPSA) is 137 Å². The summed E-state index contributed by atoms with van der Waals surface area (Å²) in [5, 5.41) is -0.901. The lowest BCUT2D eigenvalue weighted by atomic mass is 10.0. The van der Waals surface area contributed by atoms with E-state index in [0.717, 1.165) is 19.3 Å². The summed E-state index contributed by atoms with van der Waals surface area (Å²) in [5.41, 5.74) is 1.34. The Balaban J connectivity index is 1.87. The van der Waals surface area contributed by atoms with Gasteiger partial charge in [-0.2, -0.15) is 16.8 Å². The molecule has 0 aliphatic heterocycles. The van der Waals surface area contributed by atoms with E-state index >= 15 is 0 Å². The first-order valence-corrected chi connectivity index (χ1v) is 18.3. The number of hydrogen-bond acceptors (Lipinski definition) is 6. The number of thiocarbonyl (C=S) groups is 1. The van der Waals surface area contributed by atoms with Crippen molar-refractivity contribution in [2.45, 2.75) is 140 Å². The second-order valence-corrected chi connectivity index (χ2v) is 14.6. The minimum Gasteiger partial charge on any atom is -0.342 e. The normalized spacial score (nSPS) is 13.2. The molecular weight excluding hydrogens is 569 g/mol. The zero-order chi connectivity index (χ0) is 29.6. The number of aromatic nitrogens is 2. The number of H-pyrrole nitrogens is 1. The molecule has 11 heteroatoms. The van der Waals surface area contributed by atoms with Crippen molar-refractivity contribution < 1.29 is 25.9 Å². The molecule has 2 aromatic rings. The molecule has 0 saturated heterocycles. The molecule has 0 radical (unpaired) electrons. The fourth-order valence-corrected chi connectivity index (χ4v) is 7.03. The molecule has 40 heavy (non-hydrogen) atoms. The summed E-state index contributed by atoms with van der Waals surface area (Å²) >= 11 is 5.61. The summed E-state index contributed by atoms with van der Waals surface area (Å²) < 4.78 is 66.5. The molecule has 2 rings (SSSR count). The van der Waals surface area contributed by atoms with Crippen LogP contribution in [0.5, 0.6) is 0 Å². The highest BCUT2D eigenvalue weighted by molar-refractivity contribution is 7.86. The second kappa shape index (κ2) is 17.5. The van der Waals surface area contributed by atoms with E-state index < -0.39 is 25.5 Å². The monoisotopic (exact) mass is 616 g/mol. The third-order valence-corrected chi connectivity index (χ3v) is 10.3. The summed E-state index contributed by atoms with van der Waals surface area (Å²) in [6, 6.07) is 2.88. The molecule has 1 aromatic heterocycles. The van der Waals surface area contributed by atoms with E-state index in [0.29, 0.717) is 33.7 Å². The summed E-state index contributed by atoms with van der Waals surface area (Å²) in [6.07, 6.45) is 18.0. The Hall–Kier alpha value is -1.40. The van der Waals surface area contributed by atoms with Crippen LogP contribution in [-0.2, 0) is 33.1 Å². The molecule has 1 unspecified atom stereocenters. The van der Waals surface area contributed by atoms with Gasteiger partial charge in [-0.3, -0.25) is 9.11 Å². The van der Waals surface area contributed by atoms with Gasteiger partial charge in [0.1, 0.15) is 5.82 Å². The molecule has 0 amide bonds. The van der Waals surface area contributed by atoms with Gasteiger partial charge in [0.05, 0.1) is 21.2 Å². The maximum Gasteiger partial charge on any atom is 0.294 e. The molecule has 0 aliphatic carbocycles. The van der Waals surface area contributed by atoms with Crippen molar-refractivity contribution in [3.8, 4) is 0 Å². The predicted molar refractivity (Wildman–Crippen MR) is 166 cm³/mol. The van der Waals surface area contributed by atoms with E-state index in [4.69, 9.17) is 12.2 Å². The van der Waals surface area contributed by atoms with Gasteiger partial charge in [-0.05, 0) is 42.7 Å². The van der Waals surface area contributed by atoms with E-state index in [-0.39, 0.29) is 30.6 Å². The van der Waals surface area contributed by atoms with Gasteiger partial charge < -0.3 is 4.98 Å². The van der Waals surface area contributed by atoms with Crippen molar-refractivity contribution in [3.63, 3.8) is 0 Å². The SMILES string of the molecule is CCCCCCCCCCCCCCCC(=S)Cc1c(S(=O)(=O)O)ccc2[nH]c(CCC(CC)S(=O)(=O)O)nc12. The second-order valence-electron chi connectivity index (χ2n) is 10.9. The van der Waals surface area contributed by atoms with Crippen LogP contribution in [0.4, 0.5) is 0 Å². The van der Waals surface area contributed by atoms with Crippen LogP contribution in [0.3, 0.4) is 0 Å². The average Bonchev–Trinajstić information content (AvgIpc) is 3.29. The van der Waals surface area contributed by atoms with Crippen LogP contribution in [0.25, 0.3) is 11.0 Å². The van der Waals surface area contributed by atoms with Crippen LogP contribution in [0.1, 0.15) is 128 Å². The fraction of sp³-hybridized carbons (Fsp3) is 0.724. The van der Waals surface area contributed by atoms with E-state index in [2.05, 4.69) is 16.9 Å². The van der Waals surface area contributed by atoms with Crippen LogP contribution in [0, 0.1) is 0 Å². The van der Waals surface area contributed by atoms with Gasteiger partial charge in [-0.15, -0.1) is 0 Å². The zero-order valence-corrected chi connectivity index (χ0v) is 26.6. The number of rotatable bonds is 22. The first-order valence-electron chi connectivity index (χ1n) is 14.9. The number of fused-ring (bicyclic) bond motifs is 1. The summed E-state index contributed by atoms with van der Waals surface area (Å²) in [4.78, 5) is 8.14. The number of unbranched alkanes of at least 4 members (excludes halogenated alkanes) is 12. The highest BCUT2D eigenvalue weighted by Crippen LogP contribution is 2.27. The Morgan fingerprint density at radius 2 is 1.43 bits per heavy atom. The van der Waals surface area contributed by atoms with E-state index in [1.54, 1.807) is 6.92 Å². The summed E-state index contributed by atoms with van der Waals surface area (Å²) in [7, 11) is -8.65. The first-order chi connectivity index (χ1) is 19.0. The Morgan fingerprint density at radius 1 is 0.875 bits per heavy atom. The Bertz CT molecular complexity index is 1270. The summed E-state index contributed by atoms with van der Waals surface area (Å²) in [6.45, 7) is 3.93. The Morgan fingerprint density at radius 3 is 1.93 bits per heavy atom. The van der Waals surface area contributed by atoms with Gasteiger partial charge in [-0.1, -0.05) is 103 Å². The van der Waals surface area contributed by atoms with Crippen LogP contribution in [-0.4, -0.2) is 46.0 Å². The molecule has 0 bridgehead atoms. The predicted octanol–water partition coefficient (Wildman–Crippen LogP) is 7.80. The first kappa shape index (κ1) is 34.8. The molecule has 1 aromatic carbocycles. The number of nitrogens with one attached hydrogen (secondary N) is 1. The standard InChI is InChI=1S/C29H48N2O6S3/c1-3-5-6-7-8-9-10-11-12-13-14-15-16-17-23(38)22-25-27(40(35,36)37)20-19-26-29(25)31-28(30-26)21-18-24(4-2)39(32,33)34/h19-20,24H,3-18,21-22H2,1-2H3,(H,30,31)(H,32,33,34)(H,35,36,37). The maximum absolute atomic E-state index is 12.1. The van der Waals surface area contributed by atoms with Gasteiger partial charge in [0.2, 0.25) is 0 Å².